The second-order valence-corrected chi connectivity index (χ2v) is 6.25. The van der Waals surface area contributed by atoms with Gasteiger partial charge in [0, 0.05) is 11.6 Å². The van der Waals surface area contributed by atoms with Crippen molar-refractivity contribution in [2.24, 2.45) is 11.8 Å². The van der Waals surface area contributed by atoms with Gasteiger partial charge < -0.3 is 10.2 Å². The van der Waals surface area contributed by atoms with Gasteiger partial charge in [0.05, 0.1) is 5.92 Å². The van der Waals surface area contributed by atoms with Crippen LogP contribution < -0.4 is 0 Å². The van der Waals surface area contributed by atoms with Crippen molar-refractivity contribution in [3.8, 4) is 0 Å². The van der Waals surface area contributed by atoms with E-state index in [-0.39, 0.29) is 0 Å². The van der Waals surface area contributed by atoms with Crippen molar-refractivity contribution in [3.05, 3.63) is 0 Å². The van der Waals surface area contributed by atoms with Crippen LogP contribution in [0.25, 0.3) is 0 Å². The summed E-state index contributed by atoms with van der Waals surface area (Å²) in [6, 6.07) is -0.420. The van der Waals surface area contributed by atoms with E-state index in [4.69, 9.17) is 0 Å². The molecule has 18 heavy (non-hydrogen) atoms. The number of hydrogen-bond acceptors (Lipinski definition) is 2. The molecule has 5 nitrogen and oxygen atoms in total. The fraction of sp³-hybridized carbons (Fsp3) is 0.846. The average molecular weight is 257 g/mol. The molecule has 1 rings (SSSR count). The lowest BCUT2D eigenvalue weighted by atomic mass is 9.77. The Balaban J connectivity index is 3.02. The van der Waals surface area contributed by atoms with Crippen molar-refractivity contribution >= 4 is 12.1 Å². The largest absolute Gasteiger partial charge is 0.481 e. The Hall–Kier alpha value is -1.26. The molecule has 5 heteroatoms. The molecule has 1 saturated carbocycles. The Morgan fingerprint density at radius 2 is 1.72 bits per heavy atom. The highest BCUT2D eigenvalue weighted by Gasteiger charge is 2.43. The molecule has 0 heterocycles. The van der Waals surface area contributed by atoms with Crippen molar-refractivity contribution in [1.82, 2.24) is 4.90 Å². The molecule has 0 saturated heterocycles. The molecule has 0 aromatic carbocycles. The lowest BCUT2D eigenvalue weighted by Crippen LogP contribution is -2.56. The van der Waals surface area contributed by atoms with E-state index in [9.17, 15) is 19.8 Å². The first-order valence-corrected chi connectivity index (χ1v) is 6.39. The fourth-order valence-corrected chi connectivity index (χ4v) is 2.87. The van der Waals surface area contributed by atoms with Crippen LogP contribution in [-0.4, -0.2) is 38.8 Å². The molecule has 1 amide bonds. The second-order valence-electron chi connectivity index (χ2n) is 6.25. The molecule has 0 aliphatic heterocycles. The van der Waals surface area contributed by atoms with Gasteiger partial charge in [0.15, 0.2) is 0 Å². The van der Waals surface area contributed by atoms with Crippen molar-refractivity contribution < 1.29 is 19.8 Å². The van der Waals surface area contributed by atoms with Crippen LogP contribution in [0.15, 0.2) is 0 Å². The normalized spacial score (nSPS) is 28.8. The van der Waals surface area contributed by atoms with Crippen molar-refractivity contribution in [2.75, 3.05) is 0 Å². The molecule has 2 N–H and O–H groups in total. The van der Waals surface area contributed by atoms with Crippen molar-refractivity contribution in [2.45, 2.75) is 58.5 Å². The van der Waals surface area contributed by atoms with Crippen molar-refractivity contribution in [3.63, 3.8) is 0 Å². The number of hydrogen-bond donors (Lipinski definition) is 2. The maximum absolute atomic E-state index is 11.4. The Morgan fingerprint density at radius 1 is 1.17 bits per heavy atom. The summed E-state index contributed by atoms with van der Waals surface area (Å²) in [7, 11) is 0. The predicted octanol–water partition coefficient (Wildman–Crippen LogP) is 2.65. The first-order chi connectivity index (χ1) is 8.14. The average Bonchev–Trinajstić information content (AvgIpc) is 2.17. The first kappa shape index (κ1) is 14.8. The summed E-state index contributed by atoms with van der Waals surface area (Å²) >= 11 is 0. The van der Waals surface area contributed by atoms with Gasteiger partial charge in [-0.05, 0) is 46.0 Å². The number of carboxylic acid groups (broad SMARTS) is 2. The minimum atomic E-state index is -1.03. The molecule has 0 aromatic rings. The summed E-state index contributed by atoms with van der Waals surface area (Å²) in [6.07, 6.45) is 1.03. The third kappa shape index (κ3) is 3.15. The van der Waals surface area contributed by atoms with Crippen LogP contribution in [0.3, 0.4) is 0 Å². The highest BCUT2D eigenvalue weighted by molar-refractivity contribution is 5.73. The maximum atomic E-state index is 11.4. The third-order valence-corrected chi connectivity index (χ3v) is 3.65. The molecule has 0 bridgehead atoms. The third-order valence-electron chi connectivity index (χ3n) is 3.65. The lowest BCUT2D eigenvalue weighted by molar-refractivity contribution is -0.146. The zero-order valence-electron chi connectivity index (χ0n) is 11.5. The number of rotatable bonds is 2. The molecule has 0 radical (unpaired) electrons. The Morgan fingerprint density at radius 3 is 2.11 bits per heavy atom. The van der Waals surface area contributed by atoms with E-state index >= 15 is 0 Å². The van der Waals surface area contributed by atoms with Gasteiger partial charge in [0.2, 0.25) is 0 Å². The molecule has 1 aliphatic carbocycles. The monoisotopic (exact) mass is 257 g/mol. The zero-order valence-corrected chi connectivity index (χ0v) is 11.5. The number of carbonyl (C=O) groups is 2. The van der Waals surface area contributed by atoms with Gasteiger partial charge in [0.25, 0.3) is 0 Å². The summed E-state index contributed by atoms with van der Waals surface area (Å²) in [5.41, 5.74) is -0.579. The summed E-state index contributed by atoms with van der Waals surface area (Å²) in [4.78, 5) is 24.1. The van der Waals surface area contributed by atoms with Gasteiger partial charge in [-0.1, -0.05) is 6.92 Å². The minimum Gasteiger partial charge on any atom is -0.481 e. The number of aliphatic carboxylic acids is 1. The van der Waals surface area contributed by atoms with Gasteiger partial charge in [-0.2, -0.15) is 0 Å². The van der Waals surface area contributed by atoms with Crippen LogP contribution in [0.2, 0.25) is 0 Å². The van der Waals surface area contributed by atoms with Crippen molar-refractivity contribution in [1.29, 1.82) is 0 Å². The van der Waals surface area contributed by atoms with Gasteiger partial charge in [0.1, 0.15) is 0 Å². The van der Waals surface area contributed by atoms with Crippen LogP contribution in [0.1, 0.15) is 47.0 Å². The topological polar surface area (TPSA) is 77.8 Å². The smallest absolute Gasteiger partial charge is 0.408 e. The molecule has 104 valence electrons. The van der Waals surface area contributed by atoms with Gasteiger partial charge in [-0.15, -0.1) is 0 Å². The predicted molar refractivity (Wildman–Crippen MR) is 67.5 cm³/mol. The molecule has 0 aromatic heterocycles. The molecular weight excluding hydrogens is 234 g/mol. The van der Waals surface area contributed by atoms with Crippen LogP contribution in [0.4, 0.5) is 4.79 Å². The number of amides is 1. The van der Waals surface area contributed by atoms with E-state index in [0.29, 0.717) is 18.8 Å². The summed E-state index contributed by atoms with van der Waals surface area (Å²) in [5, 5.41) is 18.7. The minimum absolute atomic E-state index is 0.345. The van der Waals surface area contributed by atoms with Crippen LogP contribution in [-0.2, 0) is 4.79 Å². The molecule has 1 unspecified atom stereocenters. The fourth-order valence-electron chi connectivity index (χ4n) is 2.87. The van der Waals surface area contributed by atoms with Crippen LogP contribution >= 0.6 is 0 Å². The SMILES string of the molecule is CC1CC[C@@H](N(C(=O)O)C(C)(C)C)[C@@H](C(=O)O)C1. The van der Waals surface area contributed by atoms with E-state index in [1.165, 1.54) is 4.90 Å². The standard InChI is InChI=1S/C13H23NO4/c1-8-5-6-10(9(7-8)11(15)16)14(12(17)18)13(2,3)4/h8-10H,5-7H2,1-4H3,(H,15,16)(H,17,18)/t8?,9-,10+/m0/s1. The summed E-state index contributed by atoms with van der Waals surface area (Å²) in [6.45, 7) is 7.43. The molecule has 3 atom stereocenters. The van der Waals surface area contributed by atoms with E-state index in [1.807, 2.05) is 6.92 Å². The van der Waals surface area contributed by atoms with E-state index < -0.39 is 29.6 Å². The Bertz CT molecular complexity index is 334. The quantitative estimate of drug-likeness (QED) is 0.797. The molecule has 0 spiro atoms. The number of nitrogens with zero attached hydrogens (tertiary/aromatic N) is 1. The van der Waals surface area contributed by atoms with Crippen LogP contribution in [0.5, 0.6) is 0 Å². The van der Waals surface area contributed by atoms with Crippen LogP contribution in [0, 0.1) is 11.8 Å². The van der Waals surface area contributed by atoms with E-state index in [2.05, 4.69) is 0 Å². The lowest BCUT2D eigenvalue weighted by Gasteiger charge is -2.45. The summed E-state index contributed by atoms with van der Waals surface area (Å²) < 4.78 is 0. The Kier molecular flexibility index (Phi) is 4.24. The van der Waals surface area contributed by atoms with Gasteiger partial charge in [-0.3, -0.25) is 9.69 Å². The molecule has 1 fully saturated rings. The molecular formula is C13H23NO4. The number of carboxylic acids is 1. The first-order valence-electron chi connectivity index (χ1n) is 6.39. The van der Waals surface area contributed by atoms with Gasteiger partial charge in [-0.25, -0.2) is 4.79 Å². The zero-order chi connectivity index (χ0) is 14.1. The van der Waals surface area contributed by atoms with E-state index in [0.717, 1.165) is 6.42 Å². The molecule has 1 aliphatic rings. The maximum Gasteiger partial charge on any atom is 0.408 e. The van der Waals surface area contributed by atoms with E-state index in [1.54, 1.807) is 20.8 Å². The Labute approximate surface area is 108 Å². The second kappa shape index (κ2) is 5.16. The summed E-state index contributed by atoms with van der Waals surface area (Å²) in [5.74, 6) is -1.14. The van der Waals surface area contributed by atoms with Gasteiger partial charge >= 0.3 is 12.1 Å². The highest BCUT2D eigenvalue weighted by atomic mass is 16.4. The highest BCUT2D eigenvalue weighted by Crippen LogP contribution is 2.35.